The Morgan fingerprint density at radius 1 is 0.944 bits per heavy atom. The minimum absolute atomic E-state index is 0.0878. The number of nitrogens with one attached hydrogen (secondary N) is 1. The van der Waals surface area contributed by atoms with Crippen LogP contribution in [0.5, 0.6) is 0 Å². The Morgan fingerprint density at radius 3 is 2.50 bits per heavy atom. The van der Waals surface area contributed by atoms with Crippen LogP contribution in [-0.4, -0.2) is 32.9 Å². The number of hydrogen-bond acceptors (Lipinski definition) is 4. The van der Waals surface area contributed by atoms with Gasteiger partial charge in [0.15, 0.2) is 0 Å². The Bertz CT molecular complexity index is 1400. The number of carbonyl (C=O) groups is 1. The fraction of sp³-hybridized carbons (Fsp3) is 0.300. The van der Waals surface area contributed by atoms with Gasteiger partial charge in [-0.1, -0.05) is 42.5 Å². The molecule has 5 nitrogen and oxygen atoms in total. The SMILES string of the molecule is O=C(CCc1ccccc1)N(Cc1cc(-c2ccc3ncnc(NC4CC4)c3c2)ccc1F)C1CC1. The van der Waals surface area contributed by atoms with E-state index in [1.54, 1.807) is 12.4 Å². The molecule has 1 amide bonds. The van der Waals surface area contributed by atoms with Crippen molar-refractivity contribution in [3.8, 4) is 11.1 Å². The number of benzene rings is 3. The summed E-state index contributed by atoms with van der Waals surface area (Å²) in [4.78, 5) is 23.9. The van der Waals surface area contributed by atoms with Crippen molar-refractivity contribution in [2.45, 2.75) is 57.2 Å². The molecule has 0 unspecified atom stereocenters. The minimum atomic E-state index is -0.277. The zero-order chi connectivity index (χ0) is 24.5. The monoisotopic (exact) mass is 480 g/mol. The average molecular weight is 481 g/mol. The van der Waals surface area contributed by atoms with Gasteiger partial charge in [0.1, 0.15) is 18.0 Å². The maximum absolute atomic E-state index is 14.9. The third-order valence-electron chi connectivity index (χ3n) is 7.05. The lowest BCUT2D eigenvalue weighted by molar-refractivity contribution is -0.132. The highest BCUT2D eigenvalue weighted by molar-refractivity contribution is 5.92. The second-order valence-corrected chi connectivity index (χ2v) is 9.92. The van der Waals surface area contributed by atoms with Crippen LogP contribution in [0.2, 0.25) is 0 Å². The largest absolute Gasteiger partial charge is 0.367 e. The Morgan fingerprint density at radius 2 is 1.72 bits per heavy atom. The fourth-order valence-corrected chi connectivity index (χ4v) is 4.68. The molecule has 4 aromatic rings. The van der Waals surface area contributed by atoms with Gasteiger partial charge >= 0.3 is 0 Å². The molecule has 2 aliphatic rings. The smallest absolute Gasteiger partial charge is 0.223 e. The fourth-order valence-electron chi connectivity index (χ4n) is 4.68. The summed E-state index contributed by atoms with van der Waals surface area (Å²) >= 11 is 0. The molecule has 2 saturated carbocycles. The summed E-state index contributed by atoms with van der Waals surface area (Å²) < 4.78 is 14.9. The maximum atomic E-state index is 14.9. The van der Waals surface area contributed by atoms with E-state index >= 15 is 0 Å². The topological polar surface area (TPSA) is 58.1 Å². The third kappa shape index (κ3) is 5.08. The Labute approximate surface area is 210 Å². The number of nitrogens with zero attached hydrogens (tertiary/aromatic N) is 3. The Hall–Kier alpha value is -3.80. The van der Waals surface area contributed by atoms with Gasteiger partial charge in [-0.05, 0) is 73.1 Å². The normalized spacial score (nSPS) is 15.1. The molecule has 3 aromatic carbocycles. The molecule has 0 saturated heterocycles. The van der Waals surface area contributed by atoms with Crippen molar-refractivity contribution in [2.24, 2.45) is 0 Å². The number of anilines is 1. The molecule has 1 N–H and O–H groups in total. The summed E-state index contributed by atoms with van der Waals surface area (Å²) in [6.45, 7) is 0.295. The highest BCUT2D eigenvalue weighted by Crippen LogP contribution is 2.33. The van der Waals surface area contributed by atoms with Gasteiger partial charge in [0.25, 0.3) is 0 Å². The van der Waals surface area contributed by atoms with Crippen molar-refractivity contribution >= 4 is 22.6 Å². The molecular formula is C30H29FN4O. The summed E-state index contributed by atoms with van der Waals surface area (Å²) in [5.41, 5.74) is 4.47. The van der Waals surface area contributed by atoms with Crippen molar-refractivity contribution in [1.29, 1.82) is 0 Å². The van der Waals surface area contributed by atoms with E-state index < -0.39 is 0 Å². The van der Waals surface area contributed by atoms with Gasteiger partial charge in [-0.3, -0.25) is 4.79 Å². The van der Waals surface area contributed by atoms with E-state index in [1.807, 2.05) is 53.4 Å². The van der Waals surface area contributed by atoms with Gasteiger partial charge in [0, 0.05) is 36.0 Å². The Kier molecular flexibility index (Phi) is 6.09. The molecule has 1 heterocycles. The van der Waals surface area contributed by atoms with E-state index in [1.165, 1.54) is 6.07 Å². The van der Waals surface area contributed by atoms with Crippen molar-refractivity contribution in [2.75, 3.05) is 5.32 Å². The number of fused-ring (bicyclic) bond motifs is 1. The summed E-state index contributed by atoms with van der Waals surface area (Å²) in [7, 11) is 0. The quantitative estimate of drug-likeness (QED) is 0.313. The zero-order valence-electron chi connectivity index (χ0n) is 20.2. The van der Waals surface area contributed by atoms with E-state index in [0.717, 1.165) is 59.1 Å². The van der Waals surface area contributed by atoms with E-state index in [-0.39, 0.29) is 17.8 Å². The number of aryl methyl sites for hydroxylation is 1. The summed E-state index contributed by atoms with van der Waals surface area (Å²) in [5, 5.41) is 4.45. The van der Waals surface area contributed by atoms with Gasteiger partial charge < -0.3 is 10.2 Å². The first-order valence-corrected chi connectivity index (χ1v) is 12.8. The molecule has 0 bridgehead atoms. The van der Waals surface area contributed by atoms with E-state index in [9.17, 15) is 9.18 Å². The van der Waals surface area contributed by atoms with Crippen molar-refractivity contribution in [1.82, 2.24) is 14.9 Å². The number of halogens is 1. The van der Waals surface area contributed by atoms with Gasteiger partial charge in [0.05, 0.1) is 5.52 Å². The van der Waals surface area contributed by atoms with Gasteiger partial charge in [-0.15, -0.1) is 0 Å². The number of aromatic nitrogens is 2. The van der Waals surface area contributed by atoms with Gasteiger partial charge in [-0.25, -0.2) is 14.4 Å². The predicted molar refractivity (Wildman–Crippen MR) is 140 cm³/mol. The number of amides is 1. The predicted octanol–water partition coefficient (Wildman–Crippen LogP) is 6.13. The van der Waals surface area contributed by atoms with Crippen molar-refractivity contribution in [3.05, 3.63) is 90.0 Å². The molecule has 2 aliphatic carbocycles. The van der Waals surface area contributed by atoms with E-state index in [4.69, 9.17) is 0 Å². The van der Waals surface area contributed by atoms with E-state index in [0.29, 0.717) is 31.0 Å². The van der Waals surface area contributed by atoms with Crippen LogP contribution in [0.4, 0.5) is 10.2 Å². The molecule has 0 radical (unpaired) electrons. The second kappa shape index (κ2) is 9.69. The first kappa shape index (κ1) is 22.7. The molecule has 182 valence electrons. The molecule has 2 fully saturated rings. The lowest BCUT2D eigenvalue weighted by Gasteiger charge is -2.23. The van der Waals surface area contributed by atoms with Gasteiger partial charge in [-0.2, -0.15) is 0 Å². The second-order valence-electron chi connectivity index (χ2n) is 9.92. The Balaban J connectivity index is 1.24. The molecule has 6 heteroatoms. The summed E-state index contributed by atoms with van der Waals surface area (Å²) in [5.74, 6) is 0.654. The first-order chi connectivity index (χ1) is 17.6. The lowest BCUT2D eigenvalue weighted by atomic mass is 10.0. The zero-order valence-corrected chi connectivity index (χ0v) is 20.2. The third-order valence-corrected chi connectivity index (χ3v) is 7.05. The van der Waals surface area contributed by atoms with Crippen LogP contribution >= 0.6 is 0 Å². The summed E-state index contributed by atoms with van der Waals surface area (Å²) in [6.07, 6.45) is 7.01. The highest BCUT2D eigenvalue weighted by atomic mass is 19.1. The van der Waals surface area contributed by atoms with Crippen LogP contribution in [0.3, 0.4) is 0 Å². The lowest BCUT2D eigenvalue weighted by Crippen LogP contribution is -2.33. The number of carbonyl (C=O) groups excluding carboxylic acids is 1. The first-order valence-electron chi connectivity index (χ1n) is 12.8. The number of hydrogen-bond donors (Lipinski definition) is 1. The summed E-state index contributed by atoms with van der Waals surface area (Å²) in [6, 6.07) is 22.0. The van der Waals surface area contributed by atoms with Crippen LogP contribution in [0.15, 0.2) is 73.1 Å². The molecule has 1 aromatic heterocycles. The highest BCUT2D eigenvalue weighted by Gasteiger charge is 2.32. The van der Waals surface area contributed by atoms with Crippen LogP contribution in [0.1, 0.15) is 43.2 Å². The van der Waals surface area contributed by atoms with Gasteiger partial charge in [0.2, 0.25) is 5.91 Å². The molecular weight excluding hydrogens is 451 g/mol. The maximum Gasteiger partial charge on any atom is 0.223 e. The molecule has 36 heavy (non-hydrogen) atoms. The molecule has 0 aliphatic heterocycles. The number of rotatable bonds is 9. The molecule has 6 rings (SSSR count). The molecule has 0 atom stereocenters. The van der Waals surface area contributed by atoms with Crippen LogP contribution in [0, 0.1) is 5.82 Å². The molecule has 0 spiro atoms. The van der Waals surface area contributed by atoms with Crippen LogP contribution in [-0.2, 0) is 17.8 Å². The van der Waals surface area contributed by atoms with Crippen LogP contribution in [0.25, 0.3) is 22.0 Å². The van der Waals surface area contributed by atoms with E-state index in [2.05, 4.69) is 21.4 Å². The van der Waals surface area contributed by atoms with Crippen molar-refractivity contribution in [3.63, 3.8) is 0 Å². The minimum Gasteiger partial charge on any atom is -0.367 e. The van der Waals surface area contributed by atoms with Crippen LogP contribution < -0.4 is 5.32 Å². The standard InChI is InChI=1S/C30H29FN4O/c31-27-13-7-21(22-8-14-28-26(17-22)30(33-19-32-28)34-24-9-10-24)16-23(27)18-35(25-11-12-25)29(36)15-6-20-4-2-1-3-5-20/h1-5,7-8,13-14,16-17,19,24-25H,6,9-12,15,18H2,(H,32,33,34). The van der Waals surface area contributed by atoms with Crippen molar-refractivity contribution < 1.29 is 9.18 Å². The average Bonchev–Trinajstić information content (AvgIpc) is 3.83.